The van der Waals surface area contributed by atoms with Gasteiger partial charge in [-0.1, -0.05) is 0 Å². The molecule has 4 nitrogen and oxygen atoms in total. The van der Waals surface area contributed by atoms with E-state index in [9.17, 15) is 14.7 Å². The molecular weight excluding hydrogens is 230 g/mol. The first-order valence-electron chi connectivity index (χ1n) is 7.18. The number of carbonyl (C=O) groups excluding carboxylic acids is 1. The summed E-state index contributed by atoms with van der Waals surface area (Å²) in [5.41, 5.74) is -0.924. The monoisotopic (exact) mass is 249 g/mol. The average Bonchev–Trinajstić information content (AvgIpc) is 2.72. The van der Waals surface area contributed by atoms with Crippen molar-refractivity contribution in [3.63, 3.8) is 0 Å². The maximum absolute atomic E-state index is 12.3. The molecule has 0 aromatic heterocycles. The number of amides is 1. The van der Waals surface area contributed by atoms with Gasteiger partial charge >= 0.3 is 5.97 Å². The Morgan fingerprint density at radius 3 is 2.17 bits per heavy atom. The van der Waals surface area contributed by atoms with Gasteiger partial charge in [-0.2, -0.15) is 0 Å². The molecule has 4 aliphatic carbocycles. The van der Waals surface area contributed by atoms with E-state index in [0.717, 1.165) is 18.3 Å². The van der Waals surface area contributed by atoms with Crippen LogP contribution in [0.3, 0.4) is 0 Å². The molecule has 18 heavy (non-hydrogen) atoms. The highest BCUT2D eigenvalue weighted by Crippen LogP contribution is 2.69. The van der Waals surface area contributed by atoms with Crippen molar-refractivity contribution in [2.75, 3.05) is 0 Å². The van der Waals surface area contributed by atoms with Crippen molar-refractivity contribution in [3.05, 3.63) is 0 Å². The van der Waals surface area contributed by atoms with Crippen LogP contribution in [0.15, 0.2) is 0 Å². The van der Waals surface area contributed by atoms with Crippen LogP contribution in [-0.2, 0) is 9.59 Å². The molecule has 0 aliphatic heterocycles. The van der Waals surface area contributed by atoms with Gasteiger partial charge in [0.2, 0.25) is 5.91 Å². The Morgan fingerprint density at radius 2 is 1.72 bits per heavy atom. The maximum Gasteiger partial charge on any atom is 0.329 e. The molecule has 0 aromatic rings. The first-order valence-corrected chi connectivity index (χ1v) is 7.18. The minimum atomic E-state index is -0.924. The fraction of sp³-hybridized carbons (Fsp3) is 0.857. The van der Waals surface area contributed by atoms with Crippen molar-refractivity contribution >= 4 is 11.9 Å². The van der Waals surface area contributed by atoms with Gasteiger partial charge < -0.3 is 10.4 Å². The fourth-order valence-corrected chi connectivity index (χ4v) is 4.92. The van der Waals surface area contributed by atoms with E-state index in [1.165, 1.54) is 19.3 Å². The Labute approximate surface area is 106 Å². The third-order valence-corrected chi connectivity index (χ3v) is 6.02. The number of hydrogen-bond acceptors (Lipinski definition) is 2. The largest absolute Gasteiger partial charge is 0.480 e. The Hall–Kier alpha value is -1.06. The van der Waals surface area contributed by atoms with Gasteiger partial charge in [0, 0.05) is 5.92 Å². The van der Waals surface area contributed by atoms with E-state index in [1.54, 1.807) is 0 Å². The molecule has 0 radical (unpaired) electrons. The summed E-state index contributed by atoms with van der Waals surface area (Å²) in [6.45, 7) is 0. The summed E-state index contributed by atoms with van der Waals surface area (Å²) in [5.74, 6) is 2.04. The van der Waals surface area contributed by atoms with Gasteiger partial charge in [-0.3, -0.25) is 4.79 Å². The molecule has 4 heteroatoms. The quantitative estimate of drug-likeness (QED) is 0.794. The Bertz CT molecular complexity index is 413. The zero-order valence-corrected chi connectivity index (χ0v) is 10.4. The highest BCUT2D eigenvalue weighted by molar-refractivity contribution is 5.90. The molecule has 2 N–H and O–H groups in total. The van der Waals surface area contributed by atoms with Gasteiger partial charge in [0.1, 0.15) is 5.54 Å². The lowest BCUT2D eigenvalue weighted by Gasteiger charge is -2.38. The van der Waals surface area contributed by atoms with Crippen LogP contribution >= 0.6 is 0 Å². The molecule has 4 saturated carbocycles. The van der Waals surface area contributed by atoms with Gasteiger partial charge in [0.25, 0.3) is 0 Å². The summed E-state index contributed by atoms with van der Waals surface area (Å²) < 4.78 is 0. The first-order chi connectivity index (χ1) is 8.62. The molecule has 4 unspecified atom stereocenters. The number of fused-ring (bicyclic) bond motifs is 5. The zero-order chi connectivity index (χ0) is 12.5. The Morgan fingerprint density at radius 1 is 1.11 bits per heavy atom. The fourth-order valence-electron chi connectivity index (χ4n) is 4.92. The van der Waals surface area contributed by atoms with E-state index in [1.807, 2.05) is 0 Å². The molecule has 0 heterocycles. The van der Waals surface area contributed by atoms with E-state index < -0.39 is 11.5 Å². The predicted octanol–water partition coefficient (Wildman–Crippen LogP) is 1.40. The van der Waals surface area contributed by atoms with Gasteiger partial charge in [-0.05, 0) is 62.2 Å². The predicted molar refractivity (Wildman–Crippen MR) is 63.7 cm³/mol. The number of carboxylic acid groups (broad SMARTS) is 1. The summed E-state index contributed by atoms with van der Waals surface area (Å²) in [4.78, 5) is 23.5. The number of rotatable bonds is 3. The number of carbonyl (C=O) groups is 2. The van der Waals surface area contributed by atoms with Crippen LogP contribution in [0.25, 0.3) is 0 Å². The van der Waals surface area contributed by atoms with Crippen LogP contribution in [0, 0.1) is 29.6 Å². The molecular formula is C14H19NO3. The van der Waals surface area contributed by atoms with E-state index in [-0.39, 0.29) is 11.8 Å². The van der Waals surface area contributed by atoms with Crippen LogP contribution in [-0.4, -0.2) is 22.5 Å². The molecule has 4 atom stereocenters. The summed E-state index contributed by atoms with van der Waals surface area (Å²) in [5, 5.41) is 12.1. The lowest BCUT2D eigenvalue weighted by atomic mass is 9.76. The van der Waals surface area contributed by atoms with E-state index in [0.29, 0.717) is 24.7 Å². The Kier molecular flexibility index (Phi) is 1.97. The topological polar surface area (TPSA) is 66.4 Å². The third kappa shape index (κ3) is 1.21. The second kappa shape index (κ2) is 3.28. The molecule has 2 bridgehead atoms. The number of aliphatic carboxylic acids is 1. The van der Waals surface area contributed by atoms with Crippen molar-refractivity contribution in [1.29, 1.82) is 0 Å². The number of carboxylic acids is 1. The highest BCUT2D eigenvalue weighted by atomic mass is 16.4. The maximum atomic E-state index is 12.3. The van der Waals surface area contributed by atoms with Crippen molar-refractivity contribution in [3.8, 4) is 0 Å². The second-order valence-corrected chi connectivity index (χ2v) is 6.74. The number of hydrogen-bond donors (Lipinski definition) is 2. The summed E-state index contributed by atoms with van der Waals surface area (Å²) in [6, 6.07) is 0. The van der Waals surface area contributed by atoms with Crippen molar-refractivity contribution < 1.29 is 14.7 Å². The molecule has 0 saturated heterocycles. The first kappa shape index (κ1) is 10.8. The standard InChI is InChI=1S/C14H19NO3/c16-12(15-14(13(17)18)4-1-5-14)11-9-7-2-3-8(6-7)10(9)11/h7-11H,1-6H2,(H,15,16)(H,17,18). The summed E-state index contributed by atoms with van der Waals surface area (Å²) in [7, 11) is 0. The molecule has 4 rings (SSSR count). The van der Waals surface area contributed by atoms with Crippen molar-refractivity contribution in [2.24, 2.45) is 29.6 Å². The van der Waals surface area contributed by atoms with E-state index in [4.69, 9.17) is 0 Å². The minimum Gasteiger partial charge on any atom is -0.480 e. The number of nitrogens with one attached hydrogen (secondary N) is 1. The van der Waals surface area contributed by atoms with Gasteiger partial charge in [0.05, 0.1) is 0 Å². The normalized spacial score (nSPS) is 46.1. The van der Waals surface area contributed by atoms with Crippen LogP contribution in [0.4, 0.5) is 0 Å². The minimum absolute atomic E-state index is 0.0312. The van der Waals surface area contributed by atoms with Gasteiger partial charge in [-0.15, -0.1) is 0 Å². The summed E-state index contributed by atoms with van der Waals surface area (Å²) in [6.07, 6.45) is 6.02. The summed E-state index contributed by atoms with van der Waals surface area (Å²) >= 11 is 0. The van der Waals surface area contributed by atoms with Crippen LogP contribution < -0.4 is 5.32 Å². The highest BCUT2D eigenvalue weighted by Gasteiger charge is 2.68. The van der Waals surface area contributed by atoms with Crippen LogP contribution in [0.1, 0.15) is 38.5 Å². The molecule has 4 fully saturated rings. The SMILES string of the molecule is O=C(NC1(C(=O)O)CCC1)C1C2C3CCC(C3)C12. The zero-order valence-electron chi connectivity index (χ0n) is 10.4. The molecule has 0 spiro atoms. The van der Waals surface area contributed by atoms with Crippen molar-refractivity contribution in [2.45, 2.75) is 44.1 Å². The van der Waals surface area contributed by atoms with Crippen LogP contribution in [0.5, 0.6) is 0 Å². The molecule has 1 amide bonds. The molecule has 0 aromatic carbocycles. The second-order valence-electron chi connectivity index (χ2n) is 6.74. The lowest BCUT2D eigenvalue weighted by molar-refractivity contribution is -0.152. The smallest absolute Gasteiger partial charge is 0.329 e. The molecule has 98 valence electrons. The van der Waals surface area contributed by atoms with Gasteiger partial charge in [0.15, 0.2) is 0 Å². The van der Waals surface area contributed by atoms with E-state index in [2.05, 4.69) is 5.32 Å². The molecule has 4 aliphatic rings. The van der Waals surface area contributed by atoms with E-state index >= 15 is 0 Å². The van der Waals surface area contributed by atoms with Gasteiger partial charge in [-0.25, -0.2) is 4.79 Å². The Balaban J connectivity index is 1.45. The third-order valence-electron chi connectivity index (χ3n) is 6.02. The average molecular weight is 249 g/mol. The van der Waals surface area contributed by atoms with Crippen LogP contribution in [0.2, 0.25) is 0 Å². The lowest BCUT2D eigenvalue weighted by Crippen LogP contribution is -2.59. The van der Waals surface area contributed by atoms with Crippen molar-refractivity contribution in [1.82, 2.24) is 5.32 Å².